The van der Waals surface area contributed by atoms with Gasteiger partial charge in [-0.05, 0) is 26.9 Å². The summed E-state index contributed by atoms with van der Waals surface area (Å²) in [5.41, 5.74) is 1.06. The van der Waals surface area contributed by atoms with Gasteiger partial charge in [0.15, 0.2) is 0 Å². The number of urea groups is 1. The number of ether oxygens (including phenoxy) is 1. The van der Waals surface area contributed by atoms with Crippen molar-refractivity contribution in [2.24, 2.45) is 7.05 Å². The zero-order chi connectivity index (χ0) is 17.5. The van der Waals surface area contributed by atoms with E-state index in [1.807, 2.05) is 33.5 Å². The molecule has 7 nitrogen and oxygen atoms in total. The van der Waals surface area contributed by atoms with Crippen LogP contribution in [-0.4, -0.2) is 72.1 Å². The molecule has 2 heterocycles. The van der Waals surface area contributed by atoms with E-state index in [0.717, 1.165) is 25.0 Å². The van der Waals surface area contributed by atoms with Gasteiger partial charge < -0.3 is 19.9 Å². The third-order valence-electron chi connectivity index (χ3n) is 4.20. The Balaban J connectivity index is 1.93. The summed E-state index contributed by atoms with van der Waals surface area (Å²) in [7, 11) is 5.84. The normalized spacial score (nSPS) is 18.4. The summed E-state index contributed by atoms with van der Waals surface area (Å²) < 4.78 is 7.37. The molecule has 0 aromatic carbocycles. The molecule has 1 saturated heterocycles. The fourth-order valence-electron chi connectivity index (χ4n) is 2.87. The van der Waals surface area contributed by atoms with Gasteiger partial charge in [-0.3, -0.25) is 4.68 Å². The zero-order valence-corrected chi connectivity index (χ0v) is 14.7. The second-order valence-corrected chi connectivity index (χ2v) is 6.33. The second kappa shape index (κ2) is 8.71. The first-order chi connectivity index (χ1) is 11.5. The molecule has 0 spiro atoms. The van der Waals surface area contributed by atoms with Crippen LogP contribution in [0.5, 0.6) is 0 Å². The fourth-order valence-corrected chi connectivity index (χ4v) is 2.87. The Morgan fingerprint density at radius 3 is 2.96 bits per heavy atom. The van der Waals surface area contributed by atoms with Gasteiger partial charge in [-0.1, -0.05) is 5.92 Å². The molecular weight excluding hydrogens is 306 g/mol. The molecule has 2 amide bonds. The molecule has 0 saturated carbocycles. The van der Waals surface area contributed by atoms with Gasteiger partial charge >= 0.3 is 6.03 Å². The quantitative estimate of drug-likeness (QED) is 0.752. The molecule has 1 fully saturated rings. The summed E-state index contributed by atoms with van der Waals surface area (Å²) in [6.07, 6.45) is 11.3. The lowest BCUT2D eigenvalue weighted by molar-refractivity contribution is 0.0843. The van der Waals surface area contributed by atoms with Crippen molar-refractivity contribution in [3.8, 4) is 12.3 Å². The highest BCUT2D eigenvalue weighted by atomic mass is 16.5. The van der Waals surface area contributed by atoms with E-state index in [9.17, 15) is 4.79 Å². The molecule has 1 aliphatic rings. The third-order valence-corrected chi connectivity index (χ3v) is 4.20. The molecular formula is C17H27N5O2. The summed E-state index contributed by atoms with van der Waals surface area (Å²) in [5.74, 6) is 2.55. The highest BCUT2D eigenvalue weighted by Gasteiger charge is 2.23. The minimum absolute atomic E-state index is 0.0538. The molecule has 132 valence electrons. The number of nitrogens with zero attached hydrogens (tertiary/aromatic N) is 4. The van der Waals surface area contributed by atoms with Crippen LogP contribution in [0.3, 0.4) is 0 Å². The molecule has 24 heavy (non-hydrogen) atoms. The Kier molecular flexibility index (Phi) is 6.64. The number of terminal acetylenes is 1. The van der Waals surface area contributed by atoms with Crippen LogP contribution in [0.1, 0.15) is 24.4 Å². The molecule has 0 bridgehead atoms. The van der Waals surface area contributed by atoms with Crippen molar-refractivity contribution in [1.29, 1.82) is 0 Å². The lowest BCUT2D eigenvalue weighted by Crippen LogP contribution is -2.46. The number of carbonyl (C=O) groups is 1. The monoisotopic (exact) mass is 333 g/mol. The first-order valence-electron chi connectivity index (χ1n) is 8.24. The largest absolute Gasteiger partial charge is 0.376 e. The van der Waals surface area contributed by atoms with Gasteiger partial charge in [-0.2, -0.15) is 5.10 Å². The van der Waals surface area contributed by atoms with Gasteiger partial charge in [0.1, 0.15) is 0 Å². The van der Waals surface area contributed by atoms with E-state index in [4.69, 9.17) is 11.2 Å². The van der Waals surface area contributed by atoms with Crippen LogP contribution in [0.15, 0.2) is 12.4 Å². The maximum atomic E-state index is 12.5. The van der Waals surface area contributed by atoms with Crippen LogP contribution < -0.4 is 5.32 Å². The molecule has 2 rings (SSSR count). The van der Waals surface area contributed by atoms with Crippen molar-refractivity contribution in [2.75, 3.05) is 40.3 Å². The van der Waals surface area contributed by atoms with Crippen LogP contribution in [0, 0.1) is 12.3 Å². The maximum Gasteiger partial charge on any atom is 0.318 e. The van der Waals surface area contributed by atoms with E-state index in [0.29, 0.717) is 13.1 Å². The van der Waals surface area contributed by atoms with Crippen LogP contribution in [0.25, 0.3) is 0 Å². The number of hydrogen-bond donors (Lipinski definition) is 1. The van der Waals surface area contributed by atoms with Gasteiger partial charge in [-0.25, -0.2) is 4.79 Å². The number of aromatic nitrogens is 2. The van der Waals surface area contributed by atoms with Crippen molar-refractivity contribution in [1.82, 2.24) is 24.9 Å². The van der Waals surface area contributed by atoms with Gasteiger partial charge in [0.25, 0.3) is 0 Å². The van der Waals surface area contributed by atoms with Crippen molar-refractivity contribution in [2.45, 2.75) is 25.0 Å². The highest BCUT2D eigenvalue weighted by molar-refractivity contribution is 5.74. The average molecular weight is 333 g/mol. The number of carbonyl (C=O) groups excluding carboxylic acids is 1. The fraction of sp³-hybridized carbons (Fsp3) is 0.647. The summed E-state index contributed by atoms with van der Waals surface area (Å²) in [6, 6.07) is -0.0998. The summed E-state index contributed by atoms with van der Waals surface area (Å²) in [4.78, 5) is 16.2. The summed E-state index contributed by atoms with van der Waals surface area (Å²) >= 11 is 0. The average Bonchev–Trinajstić information content (AvgIpc) is 3.18. The lowest BCUT2D eigenvalue weighted by atomic mass is 10.1. The van der Waals surface area contributed by atoms with Crippen molar-refractivity contribution in [3.05, 3.63) is 18.0 Å². The minimum Gasteiger partial charge on any atom is -0.376 e. The predicted molar refractivity (Wildman–Crippen MR) is 92.4 cm³/mol. The van der Waals surface area contributed by atoms with Crippen molar-refractivity contribution < 1.29 is 9.53 Å². The molecule has 1 aromatic heterocycles. The number of hydrogen-bond acceptors (Lipinski definition) is 4. The number of rotatable bonds is 7. The van der Waals surface area contributed by atoms with E-state index in [2.05, 4.69) is 21.2 Å². The molecule has 0 radical (unpaired) electrons. The summed E-state index contributed by atoms with van der Waals surface area (Å²) in [5, 5.41) is 7.19. The molecule has 1 aliphatic heterocycles. The third kappa shape index (κ3) is 4.98. The summed E-state index contributed by atoms with van der Waals surface area (Å²) in [6.45, 7) is 2.07. The number of nitrogens with one attached hydrogen (secondary N) is 1. The van der Waals surface area contributed by atoms with Crippen LogP contribution in [-0.2, 0) is 11.8 Å². The molecule has 0 aliphatic carbocycles. The first-order valence-corrected chi connectivity index (χ1v) is 8.24. The topological polar surface area (TPSA) is 62.6 Å². The SMILES string of the molecule is C#CCN(C[C@@H]1CCCO1)C(=O)NC[C@@H](c1cnn(C)c1)N(C)C. The van der Waals surface area contributed by atoms with Crippen molar-refractivity contribution >= 4 is 6.03 Å². The van der Waals surface area contributed by atoms with E-state index in [-0.39, 0.29) is 24.7 Å². The molecule has 0 unspecified atom stereocenters. The second-order valence-electron chi connectivity index (χ2n) is 6.33. The van der Waals surface area contributed by atoms with E-state index in [1.165, 1.54) is 0 Å². The maximum absolute atomic E-state index is 12.5. The Hall–Kier alpha value is -2.04. The zero-order valence-electron chi connectivity index (χ0n) is 14.7. The molecule has 2 atom stereocenters. The van der Waals surface area contributed by atoms with E-state index in [1.54, 1.807) is 9.58 Å². The van der Waals surface area contributed by atoms with E-state index >= 15 is 0 Å². The van der Waals surface area contributed by atoms with Gasteiger partial charge in [0.05, 0.1) is 24.9 Å². The Bertz CT molecular complexity index is 572. The van der Waals surface area contributed by atoms with E-state index < -0.39 is 0 Å². The number of likely N-dealkylation sites (N-methyl/N-ethyl adjacent to an activating group) is 1. The minimum atomic E-state index is -0.154. The van der Waals surface area contributed by atoms with Crippen molar-refractivity contribution in [3.63, 3.8) is 0 Å². The van der Waals surface area contributed by atoms with Gasteiger partial charge in [0, 0.05) is 38.5 Å². The molecule has 1 N–H and O–H groups in total. The Morgan fingerprint density at radius 2 is 2.42 bits per heavy atom. The Morgan fingerprint density at radius 1 is 1.62 bits per heavy atom. The number of aryl methyl sites for hydroxylation is 1. The Labute approximate surface area is 143 Å². The highest BCUT2D eigenvalue weighted by Crippen LogP contribution is 2.17. The standard InChI is InChI=1S/C17H27N5O2/c1-5-8-22(13-15-7-6-9-24-15)17(23)18-11-16(20(2)3)14-10-19-21(4)12-14/h1,10,12,15-16H,6-9,11,13H2,2-4H3,(H,18,23)/t15-,16-/m0/s1. The lowest BCUT2D eigenvalue weighted by Gasteiger charge is -2.27. The van der Waals surface area contributed by atoms with Crippen LogP contribution in [0.4, 0.5) is 4.79 Å². The molecule has 1 aromatic rings. The number of amides is 2. The molecule has 7 heteroatoms. The van der Waals surface area contributed by atoms with Crippen LogP contribution >= 0.6 is 0 Å². The first kappa shape index (κ1) is 18.3. The smallest absolute Gasteiger partial charge is 0.318 e. The van der Waals surface area contributed by atoms with Gasteiger partial charge in [0.2, 0.25) is 0 Å². The predicted octanol–water partition coefficient (Wildman–Crippen LogP) is 0.847. The van der Waals surface area contributed by atoms with Gasteiger partial charge in [-0.15, -0.1) is 6.42 Å². The van der Waals surface area contributed by atoms with Crippen LogP contribution in [0.2, 0.25) is 0 Å².